The van der Waals surface area contributed by atoms with Gasteiger partial charge in [-0.05, 0) is 25.1 Å². The summed E-state index contributed by atoms with van der Waals surface area (Å²) in [6.07, 6.45) is 4.85. The van der Waals surface area contributed by atoms with Gasteiger partial charge in [-0.2, -0.15) is 0 Å². The molecule has 0 saturated carbocycles. The first-order valence-electron chi connectivity index (χ1n) is 6.65. The van der Waals surface area contributed by atoms with E-state index in [0.717, 1.165) is 24.6 Å². The number of aromatic nitrogens is 2. The van der Waals surface area contributed by atoms with E-state index >= 15 is 0 Å². The quantitative estimate of drug-likeness (QED) is 0.913. The Morgan fingerprint density at radius 1 is 1.42 bits per heavy atom. The van der Waals surface area contributed by atoms with Gasteiger partial charge in [0.25, 0.3) is 0 Å². The zero-order valence-corrected chi connectivity index (χ0v) is 11.3. The van der Waals surface area contributed by atoms with Crippen LogP contribution in [0.15, 0.2) is 36.7 Å². The van der Waals surface area contributed by atoms with Crippen molar-refractivity contribution in [3.8, 4) is 5.75 Å². The minimum absolute atomic E-state index is 0.216. The summed E-state index contributed by atoms with van der Waals surface area (Å²) in [6.45, 7) is 0.732. The predicted octanol–water partition coefficient (Wildman–Crippen LogP) is 1.93. The molecule has 1 aromatic heterocycles. The standard InChI is InChI=1S/C15H19N3O/c1-16-14(15-17-7-8-18(15)2)12-9-11-5-3-4-6-13(11)19-10-12/h3-8,12,14,16H,9-10H2,1-2H3. The van der Waals surface area contributed by atoms with Gasteiger partial charge in [0.05, 0.1) is 12.6 Å². The normalized spacial score (nSPS) is 19.6. The van der Waals surface area contributed by atoms with Gasteiger partial charge in [0, 0.05) is 25.4 Å². The molecule has 2 aromatic rings. The number of aryl methyl sites for hydroxylation is 1. The highest BCUT2D eigenvalue weighted by Gasteiger charge is 2.29. The molecule has 4 nitrogen and oxygen atoms in total. The maximum atomic E-state index is 5.88. The van der Waals surface area contributed by atoms with Crippen LogP contribution in [0.2, 0.25) is 0 Å². The van der Waals surface area contributed by atoms with Crippen LogP contribution in [0.25, 0.3) is 0 Å². The van der Waals surface area contributed by atoms with Crippen molar-refractivity contribution in [2.45, 2.75) is 12.5 Å². The summed E-state index contributed by atoms with van der Waals surface area (Å²) in [5.41, 5.74) is 1.29. The molecule has 2 unspecified atom stereocenters. The molecule has 1 aliphatic rings. The molecule has 1 aromatic carbocycles. The smallest absolute Gasteiger partial charge is 0.126 e. The number of hydrogen-bond donors (Lipinski definition) is 1. The first-order valence-corrected chi connectivity index (χ1v) is 6.65. The summed E-state index contributed by atoms with van der Waals surface area (Å²) >= 11 is 0. The van der Waals surface area contributed by atoms with Gasteiger partial charge in [0.2, 0.25) is 0 Å². The second-order valence-electron chi connectivity index (χ2n) is 5.05. The van der Waals surface area contributed by atoms with Crippen molar-refractivity contribution in [1.29, 1.82) is 0 Å². The molecule has 0 aliphatic carbocycles. The van der Waals surface area contributed by atoms with E-state index in [-0.39, 0.29) is 6.04 Å². The van der Waals surface area contributed by atoms with E-state index in [0.29, 0.717) is 5.92 Å². The summed E-state index contributed by atoms with van der Waals surface area (Å²) in [7, 11) is 4.02. The van der Waals surface area contributed by atoms with Gasteiger partial charge < -0.3 is 14.6 Å². The van der Waals surface area contributed by atoms with Crippen molar-refractivity contribution >= 4 is 0 Å². The molecule has 0 fully saturated rings. The van der Waals surface area contributed by atoms with Gasteiger partial charge in [0.1, 0.15) is 11.6 Å². The Bertz CT molecular complexity index is 564. The molecule has 100 valence electrons. The van der Waals surface area contributed by atoms with Crippen LogP contribution in [-0.2, 0) is 13.5 Å². The summed E-state index contributed by atoms with van der Waals surface area (Å²) in [6, 6.07) is 8.49. The molecule has 0 amide bonds. The van der Waals surface area contributed by atoms with Crippen LogP contribution >= 0.6 is 0 Å². The summed E-state index contributed by atoms with van der Waals surface area (Å²) in [4.78, 5) is 4.46. The zero-order chi connectivity index (χ0) is 13.2. The Balaban J connectivity index is 1.85. The fourth-order valence-corrected chi connectivity index (χ4v) is 2.82. The first kappa shape index (κ1) is 12.2. The topological polar surface area (TPSA) is 39.1 Å². The van der Waals surface area contributed by atoms with Gasteiger partial charge >= 0.3 is 0 Å². The average molecular weight is 257 g/mol. The van der Waals surface area contributed by atoms with Gasteiger partial charge in [0.15, 0.2) is 0 Å². The highest BCUT2D eigenvalue weighted by atomic mass is 16.5. The third-order valence-electron chi connectivity index (χ3n) is 3.83. The number of imidazole rings is 1. The number of nitrogens with one attached hydrogen (secondary N) is 1. The molecule has 0 saturated heterocycles. The number of rotatable bonds is 3. The maximum Gasteiger partial charge on any atom is 0.126 e. The Labute approximate surface area is 113 Å². The molecule has 4 heteroatoms. The lowest BCUT2D eigenvalue weighted by molar-refractivity contribution is 0.183. The van der Waals surface area contributed by atoms with Gasteiger partial charge in [-0.25, -0.2) is 4.98 Å². The third-order valence-corrected chi connectivity index (χ3v) is 3.83. The lowest BCUT2D eigenvalue weighted by Gasteiger charge is -2.31. The number of fused-ring (bicyclic) bond motifs is 1. The van der Waals surface area contributed by atoms with Crippen molar-refractivity contribution < 1.29 is 4.74 Å². The molecule has 3 rings (SSSR count). The van der Waals surface area contributed by atoms with E-state index in [9.17, 15) is 0 Å². The van der Waals surface area contributed by atoms with E-state index in [2.05, 4.69) is 27.0 Å². The van der Waals surface area contributed by atoms with E-state index < -0.39 is 0 Å². The van der Waals surface area contributed by atoms with Gasteiger partial charge in [-0.3, -0.25) is 0 Å². The zero-order valence-electron chi connectivity index (χ0n) is 11.3. The minimum atomic E-state index is 0.216. The van der Waals surface area contributed by atoms with Crippen LogP contribution in [0.4, 0.5) is 0 Å². The molecule has 0 spiro atoms. The highest BCUT2D eigenvalue weighted by molar-refractivity contribution is 5.35. The number of ether oxygens (including phenoxy) is 1. The molecule has 0 radical (unpaired) electrons. The van der Waals surface area contributed by atoms with E-state index in [4.69, 9.17) is 4.74 Å². The monoisotopic (exact) mass is 257 g/mol. The maximum absolute atomic E-state index is 5.88. The minimum Gasteiger partial charge on any atom is -0.493 e. The second kappa shape index (κ2) is 5.05. The Hall–Kier alpha value is -1.81. The summed E-state index contributed by atoms with van der Waals surface area (Å²) in [5, 5.41) is 3.38. The first-order chi connectivity index (χ1) is 9.29. The van der Waals surface area contributed by atoms with Crippen LogP contribution in [-0.4, -0.2) is 23.2 Å². The Kier molecular flexibility index (Phi) is 3.25. The van der Waals surface area contributed by atoms with Crippen molar-refractivity contribution in [3.05, 3.63) is 48.0 Å². The molecular formula is C15H19N3O. The summed E-state index contributed by atoms with van der Waals surface area (Å²) < 4.78 is 7.95. The van der Waals surface area contributed by atoms with E-state index in [1.54, 1.807) is 0 Å². The van der Waals surface area contributed by atoms with Crippen LogP contribution in [0.1, 0.15) is 17.4 Å². The Morgan fingerprint density at radius 3 is 3.00 bits per heavy atom. The summed E-state index contributed by atoms with van der Waals surface area (Å²) in [5.74, 6) is 2.49. The third kappa shape index (κ3) is 2.24. The van der Waals surface area contributed by atoms with Crippen molar-refractivity contribution in [2.24, 2.45) is 13.0 Å². The molecule has 0 bridgehead atoms. The molecule has 1 N–H and O–H groups in total. The van der Waals surface area contributed by atoms with E-state index in [1.165, 1.54) is 5.56 Å². The van der Waals surface area contributed by atoms with E-state index in [1.807, 2.05) is 38.6 Å². The van der Waals surface area contributed by atoms with Crippen LogP contribution in [0, 0.1) is 5.92 Å². The largest absolute Gasteiger partial charge is 0.493 e. The molecule has 2 atom stereocenters. The molecule has 1 aliphatic heterocycles. The number of benzene rings is 1. The van der Waals surface area contributed by atoms with Gasteiger partial charge in [-0.15, -0.1) is 0 Å². The fraction of sp³-hybridized carbons (Fsp3) is 0.400. The SMILES string of the molecule is CNC(c1nccn1C)C1COc2ccccc2C1. The molecule has 19 heavy (non-hydrogen) atoms. The number of hydrogen-bond acceptors (Lipinski definition) is 3. The fourth-order valence-electron chi connectivity index (χ4n) is 2.82. The number of para-hydroxylation sites is 1. The van der Waals surface area contributed by atoms with Crippen molar-refractivity contribution in [3.63, 3.8) is 0 Å². The Morgan fingerprint density at radius 2 is 2.26 bits per heavy atom. The van der Waals surface area contributed by atoms with Gasteiger partial charge in [-0.1, -0.05) is 18.2 Å². The van der Waals surface area contributed by atoms with Crippen LogP contribution < -0.4 is 10.1 Å². The van der Waals surface area contributed by atoms with Crippen molar-refractivity contribution in [2.75, 3.05) is 13.7 Å². The van der Waals surface area contributed by atoms with Crippen LogP contribution in [0.5, 0.6) is 5.75 Å². The lowest BCUT2D eigenvalue weighted by Crippen LogP contribution is -2.35. The second-order valence-corrected chi connectivity index (χ2v) is 5.05. The predicted molar refractivity (Wildman–Crippen MR) is 74.1 cm³/mol. The van der Waals surface area contributed by atoms with Crippen molar-refractivity contribution in [1.82, 2.24) is 14.9 Å². The molecule has 2 heterocycles. The van der Waals surface area contributed by atoms with Crippen LogP contribution in [0.3, 0.4) is 0 Å². The number of nitrogens with zero attached hydrogens (tertiary/aromatic N) is 2. The highest BCUT2D eigenvalue weighted by Crippen LogP contribution is 2.32. The lowest BCUT2D eigenvalue weighted by atomic mass is 9.90. The molecular weight excluding hydrogens is 238 g/mol. The average Bonchev–Trinajstić information content (AvgIpc) is 2.86.